The molecular weight excluding hydrogens is 192 g/mol. The molecule has 0 aromatic heterocycles. The summed E-state index contributed by atoms with van der Waals surface area (Å²) in [5, 5.41) is 4.06. The highest BCUT2D eigenvalue weighted by Crippen LogP contribution is 1.94. The van der Waals surface area contributed by atoms with Crippen molar-refractivity contribution in [3.05, 3.63) is 35.9 Å². The molecule has 0 fully saturated rings. The molecule has 0 aliphatic heterocycles. The van der Waals surface area contributed by atoms with E-state index in [0.717, 1.165) is 0 Å². The Morgan fingerprint density at radius 3 is 1.77 bits per heavy atom. The molecule has 0 saturated heterocycles. The van der Waals surface area contributed by atoms with Gasteiger partial charge in [-0.25, -0.2) is 13.6 Å². The van der Waals surface area contributed by atoms with Crippen molar-refractivity contribution in [2.75, 3.05) is 0 Å². The molecule has 0 aliphatic rings. The third-order valence-corrected chi connectivity index (χ3v) is 1.06. The van der Waals surface area contributed by atoms with Gasteiger partial charge in [-0.1, -0.05) is 18.2 Å². The topological polar surface area (TPSA) is 103 Å². The van der Waals surface area contributed by atoms with Crippen molar-refractivity contribution in [2.45, 2.75) is 0 Å². The Morgan fingerprint density at radius 1 is 1.15 bits per heavy atom. The van der Waals surface area contributed by atoms with Crippen LogP contribution in [0.3, 0.4) is 0 Å². The van der Waals surface area contributed by atoms with Crippen LogP contribution in [0.1, 0.15) is 10.4 Å². The van der Waals surface area contributed by atoms with Gasteiger partial charge in [0.1, 0.15) is 0 Å². The fourth-order valence-corrected chi connectivity index (χ4v) is 0.602. The summed E-state index contributed by atoms with van der Waals surface area (Å²) in [6.45, 7) is 0. The van der Waals surface area contributed by atoms with Crippen molar-refractivity contribution in [3.8, 4) is 0 Å². The van der Waals surface area contributed by atoms with Crippen LogP contribution in [0, 0.1) is 0 Å². The van der Waals surface area contributed by atoms with Gasteiger partial charge in [-0.15, -0.1) is 0 Å². The zero-order chi connectivity index (χ0) is 10.3. The lowest BCUT2D eigenvalue weighted by Crippen LogP contribution is -2.09. The summed E-state index contributed by atoms with van der Waals surface area (Å²) in [5.74, 6) is -0.379. The third-order valence-electron chi connectivity index (χ3n) is 1.06. The Kier molecular flexibility index (Phi) is 5.49. The minimum absolute atomic E-state index is 0.379. The predicted molar refractivity (Wildman–Crippen MR) is 49.5 cm³/mol. The summed E-state index contributed by atoms with van der Waals surface area (Å²) >= 11 is 0. The van der Waals surface area contributed by atoms with E-state index in [1.54, 1.807) is 24.3 Å². The molecular formula is C7H10N2O3S. The predicted octanol–water partition coefficient (Wildman–Crippen LogP) is -0.743. The number of thiol groups is 1. The molecule has 6 heteroatoms. The largest absolute Gasteiger partial charge is 0.366 e. The van der Waals surface area contributed by atoms with Gasteiger partial charge < -0.3 is 5.73 Å². The zero-order valence-electron chi connectivity index (χ0n) is 6.71. The van der Waals surface area contributed by atoms with E-state index in [1.807, 2.05) is 6.07 Å². The minimum atomic E-state index is -2.62. The van der Waals surface area contributed by atoms with Crippen LogP contribution in [0.15, 0.2) is 30.3 Å². The molecule has 5 nitrogen and oxygen atoms in total. The quantitative estimate of drug-likeness (QED) is 0.522. The van der Waals surface area contributed by atoms with Crippen molar-refractivity contribution in [3.63, 3.8) is 0 Å². The number of carbonyl (C=O) groups is 1. The monoisotopic (exact) mass is 202 g/mol. The van der Waals surface area contributed by atoms with Gasteiger partial charge in [0.15, 0.2) is 10.9 Å². The molecule has 0 heterocycles. The second-order valence-electron chi connectivity index (χ2n) is 2.02. The summed E-state index contributed by atoms with van der Waals surface area (Å²) in [5.41, 5.74) is 5.53. The number of carbonyl (C=O) groups excluding carboxylic acids is 1. The molecule has 72 valence electrons. The summed E-state index contributed by atoms with van der Waals surface area (Å²) < 4.78 is 17.6. The highest BCUT2D eigenvalue weighted by Gasteiger charge is 1.93. The smallest absolute Gasteiger partial charge is 0.248 e. The first-order chi connectivity index (χ1) is 6.04. The molecule has 0 spiro atoms. The van der Waals surface area contributed by atoms with Crippen molar-refractivity contribution >= 4 is 16.8 Å². The van der Waals surface area contributed by atoms with Crippen LogP contribution in [-0.4, -0.2) is 14.3 Å². The minimum Gasteiger partial charge on any atom is -0.366 e. The maximum Gasteiger partial charge on any atom is 0.248 e. The van der Waals surface area contributed by atoms with Crippen LogP contribution in [0.25, 0.3) is 0 Å². The van der Waals surface area contributed by atoms with E-state index in [-0.39, 0.29) is 5.91 Å². The third kappa shape index (κ3) is 6.98. The molecule has 0 unspecified atom stereocenters. The lowest BCUT2D eigenvalue weighted by atomic mass is 10.2. The molecule has 0 aliphatic carbocycles. The number of nitrogens with two attached hydrogens (primary N) is 2. The second kappa shape index (κ2) is 6.15. The van der Waals surface area contributed by atoms with E-state index in [1.165, 1.54) is 0 Å². The van der Waals surface area contributed by atoms with Crippen molar-refractivity contribution in [2.24, 2.45) is 10.9 Å². The number of hydrogen-bond donors (Lipinski definition) is 3. The summed E-state index contributed by atoms with van der Waals surface area (Å²) in [7, 11) is -2.62. The van der Waals surface area contributed by atoms with E-state index in [9.17, 15) is 4.79 Å². The molecule has 0 atom stereocenters. The van der Waals surface area contributed by atoms with Gasteiger partial charge >= 0.3 is 0 Å². The Bertz CT molecular complexity index is 327. The highest BCUT2D eigenvalue weighted by molar-refractivity contribution is 7.69. The normalized spacial score (nSPS) is 8.77. The van der Waals surface area contributed by atoms with Crippen LogP contribution in [0.5, 0.6) is 0 Å². The number of rotatable bonds is 1. The van der Waals surface area contributed by atoms with Gasteiger partial charge in [-0.3, -0.25) is 4.79 Å². The molecule has 0 saturated carbocycles. The number of benzene rings is 1. The van der Waals surface area contributed by atoms with Gasteiger partial charge in [0.2, 0.25) is 5.91 Å². The molecule has 0 radical (unpaired) electrons. The second-order valence-corrected chi connectivity index (χ2v) is 2.59. The Labute approximate surface area is 77.4 Å². The molecule has 1 aromatic carbocycles. The first-order valence-corrected chi connectivity index (χ1v) is 4.52. The fourth-order valence-electron chi connectivity index (χ4n) is 0.602. The summed E-state index contributed by atoms with van der Waals surface area (Å²) in [4.78, 5) is 10.4. The maximum absolute atomic E-state index is 10.4. The molecule has 0 bridgehead atoms. The van der Waals surface area contributed by atoms with Crippen LogP contribution in [0.2, 0.25) is 0 Å². The van der Waals surface area contributed by atoms with E-state index in [4.69, 9.17) is 14.2 Å². The van der Waals surface area contributed by atoms with Gasteiger partial charge in [-0.2, -0.15) is 0 Å². The Hall–Kier alpha value is -1.40. The Balaban J connectivity index is 0.000000310. The van der Waals surface area contributed by atoms with Crippen LogP contribution < -0.4 is 10.9 Å². The summed E-state index contributed by atoms with van der Waals surface area (Å²) in [6.07, 6.45) is 0. The summed E-state index contributed by atoms with van der Waals surface area (Å²) in [6, 6.07) is 8.76. The Morgan fingerprint density at radius 2 is 1.54 bits per heavy atom. The first kappa shape index (κ1) is 11.6. The van der Waals surface area contributed by atoms with Crippen LogP contribution >= 0.6 is 0 Å². The van der Waals surface area contributed by atoms with E-state index < -0.39 is 10.9 Å². The van der Waals surface area contributed by atoms with Crippen molar-refractivity contribution in [1.82, 2.24) is 0 Å². The van der Waals surface area contributed by atoms with E-state index in [2.05, 4.69) is 5.14 Å². The van der Waals surface area contributed by atoms with Gasteiger partial charge in [0, 0.05) is 5.56 Å². The van der Waals surface area contributed by atoms with E-state index >= 15 is 0 Å². The molecule has 13 heavy (non-hydrogen) atoms. The fraction of sp³-hybridized carbons (Fsp3) is 0. The highest BCUT2D eigenvalue weighted by atomic mass is 32.2. The van der Waals surface area contributed by atoms with Gasteiger partial charge in [0.25, 0.3) is 0 Å². The molecule has 1 aromatic rings. The first-order valence-electron chi connectivity index (χ1n) is 3.28. The standard InChI is InChI=1S/C7H7NO.H3NO2S/c8-7(9)6-4-2-1-3-5-6;1-4(2)3/h1-5H,(H2,8,9);4H,(H2,1,2,3). The maximum atomic E-state index is 10.4. The number of primary amides is 1. The average molecular weight is 202 g/mol. The van der Waals surface area contributed by atoms with Crippen LogP contribution in [-0.2, 0) is 10.9 Å². The van der Waals surface area contributed by atoms with Crippen LogP contribution in [0.4, 0.5) is 0 Å². The van der Waals surface area contributed by atoms with E-state index in [0.29, 0.717) is 5.56 Å². The number of hydrogen-bond acceptors (Lipinski definition) is 3. The molecule has 1 amide bonds. The van der Waals surface area contributed by atoms with Gasteiger partial charge in [0.05, 0.1) is 0 Å². The average Bonchev–Trinajstić information content (AvgIpc) is 2.05. The molecule has 1 rings (SSSR count). The SMILES string of the molecule is NC(=O)c1ccccc1.N[SH](=O)=O. The van der Waals surface area contributed by atoms with Gasteiger partial charge in [-0.05, 0) is 12.1 Å². The van der Waals surface area contributed by atoms with Crippen molar-refractivity contribution in [1.29, 1.82) is 0 Å². The van der Waals surface area contributed by atoms with Crippen molar-refractivity contribution < 1.29 is 13.2 Å². The lowest BCUT2D eigenvalue weighted by molar-refractivity contribution is 0.100. The lowest BCUT2D eigenvalue weighted by Gasteiger charge is -1.89. The zero-order valence-corrected chi connectivity index (χ0v) is 7.61. The molecule has 4 N–H and O–H groups in total. The number of amides is 1.